The molecule has 1 aromatic rings. The molecule has 0 aliphatic heterocycles. The van der Waals surface area contributed by atoms with Crippen molar-refractivity contribution in [2.75, 3.05) is 13.7 Å². The summed E-state index contributed by atoms with van der Waals surface area (Å²) in [4.78, 5) is 0. The van der Waals surface area contributed by atoms with E-state index in [4.69, 9.17) is 21.1 Å². The van der Waals surface area contributed by atoms with Crippen LogP contribution in [0.5, 0.6) is 0 Å². The Morgan fingerprint density at radius 2 is 2.15 bits per heavy atom. The molecule has 0 amide bonds. The number of hydrogen-bond donors (Lipinski definition) is 1. The first kappa shape index (κ1) is 15.8. The van der Waals surface area contributed by atoms with Crippen LogP contribution in [0.2, 0.25) is 5.02 Å². The fourth-order valence-electron chi connectivity index (χ4n) is 2.86. The predicted octanol–water partition coefficient (Wildman–Crippen LogP) is 3.05. The molecule has 112 valence electrons. The van der Waals surface area contributed by atoms with Crippen molar-refractivity contribution < 1.29 is 9.47 Å². The van der Waals surface area contributed by atoms with Crippen molar-refractivity contribution in [3.63, 3.8) is 0 Å². The fraction of sp³-hybridized carbons (Fsp3) is 0.625. The maximum Gasteiger partial charge on any atom is 0.0986 e. The van der Waals surface area contributed by atoms with Gasteiger partial charge in [0.05, 0.1) is 12.2 Å². The Kier molecular flexibility index (Phi) is 5.85. The minimum atomic E-state index is 0.156. The van der Waals surface area contributed by atoms with Gasteiger partial charge in [-0.3, -0.25) is 0 Å². The molecule has 0 heterocycles. The van der Waals surface area contributed by atoms with Crippen LogP contribution in [0.25, 0.3) is 0 Å². The summed E-state index contributed by atoms with van der Waals surface area (Å²) in [5, 5.41) is 4.46. The zero-order valence-corrected chi connectivity index (χ0v) is 13.2. The topological polar surface area (TPSA) is 30.5 Å². The van der Waals surface area contributed by atoms with Crippen molar-refractivity contribution in [3.8, 4) is 0 Å². The summed E-state index contributed by atoms with van der Waals surface area (Å²) in [5.41, 5.74) is 1.18. The number of halogens is 1. The Morgan fingerprint density at radius 1 is 1.40 bits per heavy atom. The molecule has 3 nitrogen and oxygen atoms in total. The van der Waals surface area contributed by atoms with Gasteiger partial charge < -0.3 is 14.8 Å². The quantitative estimate of drug-likeness (QED) is 0.839. The summed E-state index contributed by atoms with van der Waals surface area (Å²) in [5.74, 6) is 0. The van der Waals surface area contributed by atoms with Crippen LogP contribution in [0.3, 0.4) is 0 Å². The fourth-order valence-corrected chi connectivity index (χ4v) is 3.07. The van der Waals surface area contributed by atoms with Gasteiger partial charge in [-0.1, -0.05) is 29.8 Å². The average molecular weight is 298 g/mol. The van der Waals surface area contributed by atoms with Crippen molar-refractivity contribution in [1.82, 2.24) is 5.32 Å². The summed E-state index contributed by atoms with van der Waals surface area (Å²) in [6, 6.07) is 8.74. The molecular weight excluding hydrogens is 274 g/mol. The summed E-state index contributed by atoms with van der Waals surface area (Å²) < 4.78 is 11.2. The second kappa shape index (κ2) is 7.41. The Morgan fingerprint density at radius 3 is 2.80 bits per heavy atom. The maximum absolute atomic E-state index is 6.20. The highest BCUT2D eigenvalue weighted by molar-refractivity contribution is 6.31. The molecule has 1 fully saturated rings. The lowest BCUT2D eigenvalue weighted by Gasteiger charge is -2.44. The van der Waals surface area contributed by atoms with Crippen molar-refractivity contribution in [2.45, 2.75) is 51.0 Å². The van der Waals surface area contributed by atoms with Crippen LogP contribution in [0.4, 0.5) is 0 Å². The third-order valence-electron chi connectivity index (χ3n) is 3.88. The zero-order chi connectivity index (χ0) is 14.5. The van der Waals surface area contributed by atoms with Gasteiger partial charge in [0.25, 0.3) is 0 Å². The molecular formula is C16H24ClNO2. The first-order valence-corrected chi connectivity index (χ1v) is 7.67. The Hall–Kier alpha value is -0.610. The van der Waals surface area contributed by atoms with Crippen LogP contribution < -0.4 is 5.32 Å². The first-order valence-electron chi connectivity index (χ1n) is 7.29. The molecule has 1 N–H and O–H groups in total. The number of ether oxygens (including phenoxy) is 2. The van der Waals surface area contributed by atoms with Gasteiger partial charge in [0, 0.05) is 30.8 Å². The summed E-state index contributed by atoms with van der Waals surface area (Å²) in [6.45, 7) is 4.95. The SMILES string of the molecule is CCOC1CC(NC(C)Cc2ccccc2Cl)C1OC. The molecule has 0 spiro atoms. The molecule has 4 unspecified atom stereocenters. The molecule has 2 rings (SSSR count). The predicted molar refractivity (Wildman–Crippen MR) is 82.4 cm³/mol. The normalized spacial score (nSPS) is 27.1. The highest BCUT2D eigenvalue weighted by Gasteiger charge is 2.42. The third-order valence-corrected chi connectivity index (χ3v) is 4.25. The van der Waals surface area contributed by atoms with E-state index in [2.05, 4.69) is 18.3 Å². The Bertz CT molecular complexity index is 427. The third kappa shape index (κ3) is 3.73. The number of hydrogen-bond acceptors (Lipinski definition) is 3. The van der Waals surface area contributed by atoms with Crippen LogP contribution >= 0.6 is 11.6 Å². The molecule has 1 aliphatic rings. The number of rotatable bonds is 7. The van der Waals surface area contributed by atoms with E-state index in [0.717, 1.165) is 24.5 Å². The second-order valence-electron chi connectivity index (χ2n) is 5.40. The summed E-state index contributed by atoms with van der Waals surface area (Å²) in [6.07, 6.45) is 2.32. The molecule has 0 saturated heterocycles. The monoisotopic (exact) mass is 297 g/mol. The van der Waals surface area contributed by atoms with Gasteiger partial charge >= 0.3 is 0 Å². The number of benzene rings is 1. The summed E-state index contributed by atoms with van der Waals surface area (Å²) >= 11 is 6.20. The molecule has 0 bridgehead atoms. The second-order valence-corrected chi connectivity index (χ2v) is 5.81. The molecule has 20 heavy (non-hydrogen) atoms. The van der Waals surface area contributed by atoms with E-state index < -0.39 is 0 Å². The van der Waals surface area contributed by atoms with Gasteiger partial charge in [0.2, 0.25) is 0 Å². The molecule has 1 saturated carbocycles. The average Bonchev–Trinajstić information content (AvgIpc) is 2.40. The standard InChI is InChI=1S/C16H24ClNO2/c1-4-20-15-10-14(16(15)19-3)18-11(2)9-12-7-5-6-8-13(12)17/h5-8,11,14-16,18H,4,9-10H2,1-3H3. The molecule has 0 aromatic heterocycles. The highest BCUT2D eigenvalue weighted by Crippen LogP contribution is 2.27. The van der Waals surface area contributed by atoms with E-state index in [1.54, 1.807) is 7.11 Å². The highest BCUT2D eigenvalue weighted by atomic mass is 35.5. The van der Waals surface area contributed by atoms with E-state index in [0.29, 0.717) is 12.1 Å². The molecule has 0 radical (unpaired) electrons. The van der Waals surface area contributed by atoms with Gasteiger partial charge in [-0.05, 0) is 38.3 Å². The van der Waals surface area contributed by atoms with E-state index in [1.165, 1.54) is 5.56 Å². The largest absolute Gasteiger partial charge is 0.377 e. The zero-order valence-electron chi connectivity index (χ0n) is 12.4. The van der Waals surface area contributed by atoms with Crippen LogP contribution in [0.1, 0.15) is 25.8 Å². The van der Waals surface area contributed by atoms with Crippen molar-refractivity contribution in [1.29, 1.82) is 0 Å². The van der Waals surface area contributed by atoms with E-state index in [-0.39, 0.29) is 12.2 Å². The van der Waals surface area contributed by atoms with E-state index in [1.807, 2.05) is 25.1 Å². The van der Waals surface area contributed by atoms with Crippen LogP contribution in [0.15, 0.2) is 24.3 Å². The minimum absolute atomic E-state index is 0.156. The van der Waals surface area contributed by atoms with Crippen molar-refractivity contribution in [3.05, 3.63) is 34.9 Å². The molecule has 4 atom stereocenters. The van der Waals surface area contributed by atoms with Gasteiger partial charge in [0.1, 0.15) is 0 Å². The van der Waals surface area contributed by atoms with Crippen molar-refractivity contribution >= 4 is 11.6 Å². The van der Waals surface area contributed by atoms with Gasteiger partial charge in [0.15, 0.2) is 0 Å². The lowest BCUT2D eigenvalue weighted by Crippen LogP contribution is -2.61. The lowest BCUT2D eigenvalue weighted by atomic mass is 9.84. The van der Waals surface area contributed by atoms with Gasteiger partial charge in [-0.25, -0.2) is 0 Å². The van der Waals surface area contributed by atoms with Crippen molar-refractivity contribution in [2.24, 2.45) is 0 Å². The minimum Gasteiger partial charge on any atom is -0.377 e. The number of nitrogens with one attached hydrogen (secondary N) is 1. The lowest BCUT2D eigenvalue weighted by molar-refractivity contribution is -0.132. The number of methoxy groups -OCH3 is 1. The first-order chi connectivity index (χ1) is 9.65. The Balaban J connectivity index is 1.83. The molecule has 1 aromatic carbocycles. The van der Waals surface area contributed by atoms with Crippen LogP contribution in [0, 0.1) is 0 Å². The smallest absolute Gasteiger partial charge is 0.0986 e. The van der Waals surface area contributed by atoms with E-state index in [9.17, 15) is 0 Å². The van der Waals surface area contributed by atoms with Crippen LogP contribution in [-0.2, 0) is 15.9 Å². The van der Waals surface area contributed by atoms with Crippen LogP contribution in [-0.4, -0.2) is 38.0 Å². The van der Waals surface area contributed by atoms with Gasteiger partial charge in [-0.15, -0.1) is 0 Å². The molecule has 1 aliphatic carbocycles. The van der Waals surface area contributed by atoms with Gasteiger partial charge in [-0.2, -0.15) is 0 Å². The van der Waals surface area contributed by atoms with E-state index >= 15 is 0 Å². The maximum atomic E-state index is 6.20. The Labute approximate surface area is 126 Å². The summed E-state index contributed by atoms with van der Waals surface area (Å²) in [7, 11) is 1.75. The molecule has 4 heteroatoms.